The van der Waals surface area contributed by atoms with Crippen molar-refractivity contribution in [1.29, 1.82) is 0 Å². The van der Waals surface area contributed by atoms with Crippen LogP contribution in [0.5, 0.6) is 0 Å². The number of hydrogen-bond acceptors (Lipinski definition) is 5. The Bertz CT molecular complexity index is 1180. The molecule has 5 rings (SSSR count). The zero-order chi connectivity index (χ0) is 31.8. The minimum Gasteiger partial charge on any atom is -0.481 e. The van der Waals surface area contributed by atoms with Crippen molar-refractivity contribution >= 4 is 17.7 Å². The Morgan fingerprint density at radius 1 is 0.953 bits per heavy atom. The van der Waals surface area contributed by atoms with Gasteiger partial charge in [0.15, 0.2) is 5.78 Å². The highest BCUT2D eigenvalue weighted by Crippen LogP contribution is 2.75. The molecule has 0 bridgehead atoms. The van der Waals surface area contributed by atoms with Gasteiger partial charge in [-0.1, -0.05) is 67.9 Å². The van der Waals surface area contributed by atoms with Gasteiger partial charge in [-0.25, -0.2) is 0 Å². The van der Waals surface area contributed by atoms with E-state index in [1.807, 2.05) is 13.8 Å². The molecule has 5 aliphatic carbocycles. The maximum Gasteiger partial charge on any atom is 0.320 e. The average Bonchev–Trinajstić information content (AvgIpc) is 2.92. The van der Waals surface area contributed by atoms with Gasteiger partial charge >= 0.3 is 11.9 Å². The highest BCUT2D eigenvalue weighted by molar-refractivity contribution is 5.96. The lowest BCUT2D eigenvalue weighted by molar-refractivity contribution is -0.229. The summed E-state index contributed by atoms with van der Waals surface area (Å²) in [6.07, 6.45) is 9.55. The van der Waals surface area contributed by atoms with Crippen LogP contribution in [-0.2, 0) is 19.1 Å². The molecule has 2 unspecified atom stereocenters. The summed E-state index contributed by atoms with van der Waals surface area (Å²) in [5.41, 5.74) is 0.133. The minimum atomic E-state index is -0.786. The topological polar surface area (TPSA) is 83.9 Å². The first-order chi connectivity index (χ1) is 20.0. The van der Waals surface area contributed by atoms with Crippen LogP contribution < -0.4 is 0 Å². The summed E-state index contributed by atoms with van der Waals surface area (Å²) in [6.45, 7) is 22.3. The van der Waals surface area contributed by atoms with Gasteiger partial charge in [0, 0.05) is 11.3 Å². The van der Waals surface area contributed by atoms with Crippen LogP contribution >= 0.6 is 0 Å². The molecule has 0 aliphatic heterocycles. The van der Waals surface area contributed by atoms with Crippen molar-refractivity contribution in [3.8, 4) is 0 Å². The standard InChI is InChI=1S/C37H59NO5/c1-10-38(11-2)22-30(42)43-28-14-16-34(6,21-29(40)41)27-13-17-36(8)32(37(27,28)9)26(39)20-25-31-24(4)23(3)12-15-33(31,5)18-19-35(25,36)7/h20,23-24,27-28,31-32H,10-19,21-22H2,1-9H3,(H,40,41)/t23-,24+,27+,28?,31+,32+,33-,34?,35-,36-,37-/m1/s1. The molecule has 4 saturated carbocycles. The number of hydrogen-bond donors (Lipinski definition) is 1. The summed E-state index contributed by atoms with van der Waals surface area (Å²) >= 11 is 0. The van der Waals surface area contributed by atoms with E-state index in [0.717, 1.165) is 32.4 Å². The van der Waals surface area contributed by atoms with E-state index in [0.29, 0.717) is 30.6 Å². The molecule has 0 aromatic heterocycles. The van der Waals surface area contributed by atoms with Crippen LogP contribution in [0.25, 0.3) is 0 Å². The number of ether oxygens (including phenoxy) is 1. The molecule has 0 aromatic carbocycles. The van der Waals surface area contributed by atoms with Gasteiger partial charge in [-0.2, -0.15) is 0 Å². The van der Waals surface area contributed by atoms with Crippen molar-refractivity contribution in [3.05, 3.63) is 11.6 Å². The summed E-state index contributed by atoms with van der Waals surface area (Å²) in [4.78, 5) is 42.5. The minimum absolute atomic E-state index is 0.0147. The molecule has 0 radical (unpaired) electrons. The number of likely N-dealkylation sites (N-methyl/N-ethyl adjacent to an activating group) is 1. The third-order valence-electron chi connectivity index (χ3n) is 14.9. The Hall–Kier alpha value is -1.69. The van der Waals surface area contributed by atoms with E-state index in [9.17, 15) is 19.5 Å². The Balaban J connectivity index is 1.62. The lowest BCUT2D eigenvalue weighted by Crippen LogP contribution is -2.69. The van der Waals surface area contributed by atoms with Crippen LogP contribution in [0.4, 0.5) is 0 Å². The molecule has 0 aromatic rings. The number of aliphatic carboxylic acids is 1. The molecule has 0 saturated heterocycles. The fraction of sp³-hybridized carbons (Fsp3) is 0.865. The summed E-state index contributed by atoms with van der Waals surface area (Å²) in [5, 5.41) is 10.0. The van der Waals surface area contributed by atoms with Gasteiger partial charge in [-0.15, -0.1) is 0 Å². The van der Waals surface area contributed by atoms with Crippen molar-refractivity contribution in [2.24, 2.45) is 56.7 Å². The van der Waals surface area contributed by atoms with Crippen molar-refractivity contribution in [3.63, 3.8) is 0 Å². The van der Waals surface area contributed by atoms with Gasteiger partial charge < -0.3 is 9.84 Å². The molecule has 0 amide bonds. The highest BCUT2D eigenvalue weighted by atomic mass is 16.5. The molecule has 0 heterocycles. The number of carboxylic acid groups (broad SMARTS) is 1. The quantitative estimate of drug-likeness (QED) is 0.305. The third kappa shape index (κ3) is 4.77. The smallest absolute Gasteiger partial charge is 0.320 e. The maximum atomic E-state index is 14.9. The van der Waals surface area contributed by atoms with E-state index in [2.05, 4.69) is 59.4 Å². The van der Waals surface area contributed by atoms with Crippen LogP contribution in [0.3, 0.4) is 0 Å². The van der Waals surface area contributed by atoms with E-state index in [4.69, 9.17) is 4.74 Å². The van der Waals surface area contributed by atoms with Gasteiger partial charge in [0.2, 0.25) is 0 Å². The Kier molecular flexibility index (Phi) is 8.35. The Morgan fingerprint density at radius 2 is 1.63 bits per heavy atom. The number of ketones is 1. The third-order valence-corrected chi connectivity index (χ3v) is 14.9. The van der Waals surface area contributed by atoms with Crippen molar-refractivity contribution < 1.29 is 24.2 Å². The number of carbonyl (C=O) groups excluding carboxylic acids is 2. The predicted molar refractivity (Wildman–Crippen MR) is 169 cm³/mol. The molecule has 43 heavy (non-hydrogen) atoms. The summed E-state index contributed by atoms with van der Waals surface area (Å²) in [7, 11) is 0. The first kappa shape index (κ1) is 32.7. The van der Waals surface area contributed by atoms with E-state index < -0.39 is 22.9 Å². The lowest BCUT2D eigenvalue weighted by atomic mass is 9.33. The number of esters is 1. The number of fused-ring (bicyclic) bond motifs is 7. The summed E-state index contributed by atoms with van der Waals surface area (Å²) in [6, 6.07) is 0. The van der Waals surface area contributed by atoms with Gasteiger partial charge in [0.05, 0.1) is 13.0 Å². The maximum absolute atomic E-state index is 14.9. The molecule has 1 N–H and O–H groups in total. The van der Waals surface area contributed by atoms with Gasteiger partial charge in [-0.05, 0) is 116 Å². The zero-order valence-corrected chi connectivity index (χ0v) is 28.6. The molecular formula is C37H59NO5. The van der Waals surface area contributed by atoms with Gasteiger partial charge in [-0.3, -0.25) is 19.3 Å². The van der Waals surface area contributed by atoms with Gasteiger partial charge in [0.1, 0.15) is 6.10 Å². The fourth-order valence-corrected chi connectivity index (χ4v) is 12.0. The van der Waals surface area contributed by atoms with Crippen molar-refractivity contribution in [2.75, 3.05) is 19.6 Å². The molecule has 6 heteroatoms. The fourth-order valence-electron chi connectivity index (χ4n) is 12.0. The lowest BCUT2D eigenvalue weighted by Gasteiger charge is -2.71. The molecule has 4 fully saturated rings. The normalized spacial score (nSPS) is 47.5. The summed E-state index contributed by atoms with van der Waals surface area (Å²) < 4.78 is 6.44. The van der Waals surface area contributed by atoms with Gasteiger partial charge in [0.25, 0.3) is 0 Å². The number of allylic oxidation sites excluding steroid dienone is 2. The van der Waals surface area contributed by atoms with E-state index >= 15 is 0 Å². The molecular weight excluding hydrogens is 538 g/mol. The molecule has 5 aliphatic rings. The van der Waals surface area contributed by atoms with E-state index in [1.165, 1.54) is 24.8 Å². The van der Waals surface area contributed by atoms with Crippen LogP contribution in [0.2, 0.25) is 0 Å². The van der Waals surface area contributed by atoms with Crippen LogP contribution in [0.1, 0.15) is 120 Å². The van der Waals surface area contributed by atoms with E-state index in [-0.39, 0.29) is 52.8 Å². The van der Waals surface area contributed by atoms with E-state index in [1.54, 1.807) is 0 Å². The monoisotopic (exact) mass is 597 g/mol. The van der Waals surface area contributed by atoms with Crippen molar-refractivity contribution in [2.45, 2.75) is 126 Å². The number of rotatable bonds is 7. The second kappa shape index (κ2) is 11.0. The molecule has 6 nitrogen and oxygen atoms in total. The SMILES string of the molecule is CCN(CC)CC(=O)OC1CCC(C)(CC(=O)O)[C@@H]2CC[C@]3(C)[C@H](C(=O)C=C4[C@@H]5[C@@H](C)[C@H](C)CC[C@]5(C)CC[C@]43C)[C@@]12C. The number of nitrogens with zero attached hydrogens (tertiary/aromatic N) is 1. The van der Waals surface area contributed by atoms with Crippen molar-refractivity contribution in [1.82, 2.24) is 4.90 Å². The largest absolute Gasteiger partial charge is 0.481 e. The Morgan fingerprint density at radius 3 is 2.26 bits per heavy atom. The zero-order valence-electron chi connectivity index (χ0n) is 28.6. The number of carboxylic acids is 1. The van der Waals surface area contributed by atoms with Crippen LogP contribution in [0, 0.1) is 56.7 Å². The molecule has 11 atom stereocenters. The van der Waals surface area contributed by atoms with Crippen LogP contribution in [0.15, 0.2) is 11.6 Å². The Labute approximate surface area is 260 Å². The predicted octanol–water partition coefficient (Wildman–Crippen LogP) is 7.55. The van der Waals surface area contributed by atoms with Crippen LogP contribution in [-0.4, -0.2) is 53.5 Å². The highest BCUT2D eigenvalue weighted by Gasteiger charge is 2.72. The molecule has 242 valence electrons. The second-order valence-electron chi connectivity index (χ2n) is 16.9. The average molecular weight is 598 g/mol. The second-order valence-corrected chi connectivity index (χ2v) is 16.9. The number of carbonyl (C=O) groups is 3. The summed E-state index contributed by atoms with van der Waals surface area (Å²) in [5.74, 6) is 0.437. The first-order valence-electron chi connectivity index (χ1n) is 17.4. The molecule has 0 spiro atoms. The first-order valence-corrected chi connectivity index (χ1v) is 17.4.